The summed E-state index contributed by atoms with van der Waals surface area (Å²) in [4.78, 5) is 20.5. The van der Waals surface area contributed by atoms with E-state index in [1.54, 1.807) is 40.2 Å². The van der Waals surface area contributed by atoms with Crippen molar-refractivity contribution in [3.63, 3.8) is 0 Å². The molecule has 0 spiro atoms. The maximum absolute atomic E-state index is 13.9. The van der Waals surface area contributed by atoms with E-state index in [9.17, 15) is 18.8 Å². The van der Waals surface area contributed by atoms with Gasteiger partial charge in [-0.2, -0.15) is 10.4 Å². The first-order chi connectivity index (χ1) is 19.0. The van der Waals surface area contributed by atoms with Crippen LogP contribution in [0.5, 0.6) is 0 Å². The van der Waals surface area contributed by atoms with E-state index >= 15 is 0 Å². The molecule has 0 radical (unpaired) electrons. The van der Waals surface area contributed by atoms with Crippen molar-refractivity contribution in [2.75, 3.05) is 6.54 Å². The van der Waals surface area contributed by atoms with Gasteiger partial charge in [0.2, 0.25) is 5.43 Å². The van der Waals surface area contributed by atoms with Gasteiger partial charge in [-0.25, -0.2) is 13.8 Å². The number of nitrogens with zero attached hydrogens (tertiary/aromatic N) is 5. The second-order valence-corrected chi connectivity index (χ2v) is 9.48. The van der Waals surface area contributed by atoms with Crippen molar-refractivity contribution >= 4 is 0 Å². The smallest absolute Gasteiger partial charge is 0.200 e. The standard InChI is InChI=1S/C30H23F2N5O2/c31-23-10-6-21(7-11-23)29(22-8-12-24(32)13-9-22)28-18-35-25(15-33)17-36(39-19-20-4-2-1-3-5-20)30(35)27-14-26(38)16-34-37(27)28/h1-14,16-17,28-30H,18-19H2. The quantitative estimate of drug-likeness (QED) is 0.353. The number of aromatic nitrogens is 2. The van der Waals surface area contributed by atoms with Gasteiger partial charge in [-0.3, -0.25) is 14.3 Å². The zero-order valence-corrected chi connectivity index (χ0v) is 20.7. The predicted octanol–water partition coefficient (Wildman–Crippen LogP) is 5.02. The fourth-order valence-corrected chi connectivity index (χ4v) is 5.35. The monoisotopic (exact) mass is 523 g/mol. The van der Waals surface area contributed by atoms with Crippen molar-refractivity contribution in [2.45, 2.75) is 24.7 Å². The first-order valence-corrected chi connectivity index (χ1v) is 12.5. The highest BCUT2D eigenvalue weighted by Crippen LogP contribution is 2.45. The summed E-state index contributed by atoms with van der Waals surface area (Å²) >= 11 is 0. The molecule has 0 aliphatic carbocycles. The Morgan fingerprint density at radius 1 is 0.974 bits per heavy atom. The van der Waals surface area contributed by atoms with Gasteiger partial charge in [-0.05, 0) is 41.0 Å². The minimum atomic E-state index is -0.594. The Kier molecular flexibility index (Phi) is 6.39. The highest BCUT2D eigenvalue weighted by Gasteiger charge is 2.45. The number of halogens is 2. The van der Waals surface area contributed by atoms with Gasteiger partial charge in [0, 0.05) is 18.5 Å². The molecule has 6 rings (SSSR count). The fourth-order valence-electron chi connectivity index (χ4n) is 5.35. The summed E-state index contributed by atoms with van der Waals surface area (Å²) in [5.41, 5.74) is 3.16. The lowest BCUT2D eigenvalue weighted by Gasteiger charge is -2.43. The molecule has 0 bridgehead atoms. The first-order valence-electron chi connectivity index (χ1n) is 12.5. The van der Waals surface area contributed by atoms with Crippen LogP contribution in [0.1, 0.15) is 40.5 Å². The summed E-state index contributed by atoms with van der Waals surface area (Å²) in [6.07, 6.45) is 2.28. The minimum absolute atomic E-state index is 0.266. The number of benzene rings is 3. The average molecular weight is 524 g/mol. The molecule has 0 amide bonds. The number of fused-ring (bicyclic) bond motifs is 3. The maximum Gasteiger partial charge on any atom is 0.200 e. The number of hydrogen-bond acceptors (Lipinski definition) is 6. The van der Waals surface area contributed by atoms with E-state index in [2.05, 4.69) is 11.2 Å². The Morgan fingerprint density at radius 3 is 2.23 bits per heavy atom. The van der Waals surface area contributed by atoms with Crippen LogP contribution in [0.2, 0.25) is 0 Å². The van der Waals surface area contributed by atoms with E-state index in [1.165, 1.54) is 36.5 Å². The van der Waals surface area contributed by atoms with Crippen molar-refractivity contribution in [1.82, 2.24) is 19.7 Å². The summed E-state index contributed by atoms with van der Waals surface area (Å²) in [5.74, 6) is -1.13. The normalized spacial score (nSPS) is 17.9. The van der Waals surface area contributed by atoms with Crippen LogP contribution in [-0.4, -0.2) is 26.3 Å². The molecule has 0 saturated heterocycles. The number of hydroxylamine groups is 2. The van der Waals surface area contributed by atoms with Crippen LogP contribution in [-0.2, 0) is 11.4 Å². The largest absolute Gasteiger partial charge is 0.332 e. The van der Waals surface area contributed by atoms with Crippen LogP contribution in [0.15, 0.2) is 108 Å². The molecule has 4 aromatic rings. The average Bonchev–Trinajstić information content (AvgIpc) is 3.32. The van der Waals surface area contributed by atoms with Crippen molar-refractivity contribution in [1.29, 1.82) is 5.26 Å². The minimum Gasteiger partial charge on any atom is -0.332 e. The molecule has 0 N–H and O–H groups in total. The van der Waals surface area contributed by atoms with E-state index < -0.39 is 12.2 Å². The molecule has 2 unspecified atom stereocenters. The molecule has 2 atom stereocenters. The second-order valence-electron chi connectivity index (χ2n) is 9.48. The number of allylic oxidation sites excluding steroid dienone is 1. The van der Waals surface area contributed by atoms with Gasteiger partial charge in [0.05, 0.1) is 24.1 Å². The topological polar surface area (TPSA) is 74.4 Å². The highest BCUT2D eigenvalue weighted by molar-refractivity contribution is 5.37. The third-order valence-electron chi connectivity index (χ3n) is 7.10. The summed E-state index contributed by atoms with van der Waals surface area (Å²) in [7, 11) is 0. The summed E-state index contributed by atoms with van der Waals surface area (Å²) in [6, 6.07) is 25.3. The van der Waals surface area contributed by atoms with E-state index in [0.29, 0.717) is 17.9 Å². The van der Waals surface area contributed by atoms with Crippen molar-refractivity contribution in [2.24, 2.45) is 0 Å². The van der Waals surface area contributed by atoms with Crippen LogP contribution in [0.25, 0.3) is 0 Å². The van der Waals surface area contributed by atoms with Gasteiger partial charge in [-0.1, -0.05) is 54.6 Å². The molecule has 3 heterocycles. The molecular weight excluding hydrogens is 500 g/mol. The Bertz CT molecular complexity index is 1570. The molecule has 194 valence electrons. The van der Waals surface area contributed by atoms with Crippen LogP contribution >= 0.6 is 0 Å². The number of nitriles is 1. The Labute approximate surface area is 223 Å². The van der Waals surface area contributed by atoms with Crippen LogP contribution in [0, 0.1) is 23.0 Å². The van der Waals surface area contributed by atoms with E-state index in [0.717, 1.165) is 16.7 Å². The molecule has 1 aromatic heterocycles. The van der Waals surface area contributed by atoms with E-state index in [4.69, 9.17) is 4.84 Å². The van der Waals surface area contributed by atoms with Gasteiger partial charge in [0.15, 0.2) is 6.17 Å². The Hall–Kier alpha value is -4.81. The molecule has 2 aliphatic rings. The molecule has 3 aromatic carbocycles. The highest BCUT2D eigenvalue weighted by atomic mass is 19.1. The third kappa shape index (κ3) is 4.67. The lowest BCUT2D eigenvalue weighted by molar-refractivity contribution is -0.184. The van der Waals surface area contributed by atoms with Crippen LogP contribution in [0.4, 0.5) is 8.78 Å². The van der Waals surface area contributed by atoms with Crippen LogP contribution in [0.3, 0.4) is 0 Å². The SMILES string of the molecule is N#CC1=CN(OCc2ccccc2)C2c3cc(=O)cnn3C(C(c3ccc(F)cc3)c3ccc(F)cc3)CN12. The predicted molar refractivity (Wildman–Crippen MR) is 138 cm³/mol. The van der Waals surface area contributed by atoms with E-state index in [1.807, 2.05) is 35.2 Å². The zero-order valence-electron chi connectivity index (χ0n) is 20.7. The lowest BCUT2D eigenvalue weighted by atomic mass is 9.83. The first kappa shape index (κ1) is 24.5. The number of rotatable bonds is 6. The molecule has 0 fully saturated rings. The van der Waals surface area contributed by atoms with Gasteiger partial charge in [-0.15, -0.1) is 0 Å². The summed E-state index contributed by atoms with van der Waals surface area (Å²) in [6.45, 7) is 0.597. The number of hydrogen-bond donors (Lipinski definition) is 0. The maximum atomic E-state index is 13.9. The van der Waals surface area contributed by atoms with Crippen LogP contribution < -0.4 is 5.43 Å². The Morgan fingerprint density at radius 2 is 1.62 bits per heavy atom. The van der Waals surface area contributed by atoms with Crippen molar-refractivity contribution in [3.8, 4) is 6.07 Å². The molecule has 7 nitrogen and oxygen atoms in total. The fraction of sp³-hybridized carbons (Fsp3) is 0.167. The third-order valence-corrected chi connectivity index (χ3v) is 7.10. The zero-order chi connectivity index (χ0) is 26.9. The van der Waals surface area contributed by atoms with Gasteiger partial charge in [0.25, 0.3) is 0 Å². The summed E-state index contributed by atoms with van der Waals surface area (Å²) in [5, 5.41) is 16.1. The van der Waals surface area contributed by atoms with Crippen molar-refractivity contribution < 1.29 is 13.6 Å². The second kappa shape index (κ2) is 10.2. The van der Waals surface area contributed by atoms with Gasteiger partial charge >= 0.3 is 0 Å². The van der Waals surface area contributed by atoms with Gasteiger partial charge in [0.1, 0.15) is 30.0 Å². The lowest BCUT2D eigenvalue weighted by Crippen LogP contribution is -2.46. The Balaban J connectivity index is 1.45. The van der Waals surface area contributed by atoms with Gasteiger partial charge < -0.3 is 4.90 Å². The molecule has 9 heteroatoms. The molecule has 0 saturated carbocycles. The van der Waals surface area contributed by atoms with E-state index in [-0.39, 0.29) is 29.6 Å². The van der Waals surface area contributed by atoms with Crippen molar-refractivity contribution in [3.05, 3.63) is 147 Å². The molecular formula is C30H23F2N5O2. The molecule has 2 aliphatic heterocycles. The molecule has 39 heavy (non-hydrogen) atoms. The summed E-state index contributed by atoms with van der Waals surface area (Å²) < 4.78 is 29.5.